The van der Waals surface area contributed by atoms with E-state index in [2.05, 4.69) is 24.5 Å². The lowest BCUT2D eigenvalue weighted by Crippen LogP contribution is -2.62. The molecular weight excluding hydrogens is 957 g/mol. The van der Waals surface area contributed by atoms with Gasteiger partial charge in [-0.1, -0.05) is 30.3 Å². The summed E-state index contributed by atoms with van der Waals surface area (Å²) >= 11 is 0. The lowest BCUT2D eigenvalue weighted by Gasteiger charge is -2.50. The van der Waals surface area contributed by atoms with Gasteiger partial charge in [0.2, 0.25) is 17.7 Å². The lowest BCUT2D eigenvalue weighted by atomic mass is 9.67. The van der Waals surface area contributed by atoms with Crippen LogP contribution in [0.2, 0.25) is 0 Å². The second-order valence-corrected chi connectivity index (χ2v) is 23.1. The fraction of sp³-hybridized carbons (Fsp3) is 0.579. The fourth-order valence-corrected chi connectivity index (χ4v) is 13.3. The molecule has 1 aromatic heterocycles. The number of carbonyl (C=O) groups excluding carboxylic acids is 3. The van der Waals surface area contributed by atoms with Gasteiger partial charge in [0.1, 0.15) is 17.6 Å². The summed E-state index contributed by atoms with van der Waals surface area (Å²) in [7, 11) is 1.62. The van der Waals surface area contributed by atoms with Crippen molar-refractivity contribution in [1.82, 2.24) is 24.3 Å². The number of halogens is 4. The number of nitrogens with zero attached hydrogens (tertiary/aromatic N) is 4. The summed E-state index contributed by atoms with van der Waals surface area (Å²) < 4.78 is 80.6. The van der Waals surface area contributed by atoms with Gasteiger partial charge in [0, 0.05) is 66.9 Å². The van der Waals surface area contributed by atoms with E-state index in [1.165, 1.54) is 19.9 Å². The number of alkyl halides is 3. The number of imide groups is 1. The maximum absolute atomic E-state index is 16.3. The standard InChI is InChI=1S/C57H70F4N6O7/c1-54(2,57(59,60)61)34-64(25-22-56(23-26-74-55(3,4)33-56)38-13-15-42(72-5)16-14-38)30-35-8-17-43(45(58)27-35)36-9-11-37(12-10-36)52(70)66-40-28-39(29-41(66)32-73-31-40)62-46-18-19-47-50-44(46)7-6-24-65(50)53(71)67(47)48-20-21-49(68)63-51(48)69/h8-9,13-19,27,37,39-41,48,62H,6-7,10-12,20-26,28-34H2,1-5H3,(H,63,68,69)/t37-,39?,40?,41?,48?,56+/m0/s1. The van der Waals surface area contributed by atoms with Crippen molar-refractivity contribution in [3.05, 3.63) is 99.2 Å². The molecule has 1 aliphatic carbocycles. The normalized spacial score (nSPS) is 26.2. The van der Waals surface area contributed by atoms with Crippen molar-refractivity contribution < 1.29 is 46.2 Å². The molecule has 74 heavy (non-hydrogen) atoms. The van der Waals surface area contributed by atoms with E-state index in [0.29, 0.717) is 94.5 Å². The van der Waals surface area contributed by atoms with Gasteiger partial charge in [-0.2, -0.15) is 13.2 Å². The number of piperidine rings is 2. The predicted octanol–water partition coefficient (Wildman–Crippen LogP) is 9.24. The molecule has 5 atom stereocenters. The minimum atomic E-state index is -4.44. The molecule has 5 aliphatic heterocycles. The maximum atomic E-state index is 16.3. The van der Waals surface area contributed by atoms with Crippen LogP contribution in [0.3, 0.4) is 0 Å². The third-order valence-corrected chi connectivity index (χ3v) is 17.1. The zero-order valence-electron chi connectivity index (χ0n) is 43.3. The number of aromatic nitrogens is 2. The van der Waals surface area contributed by atoms with Crippen LogP contribution in [0.5, 0.6) is 5.75 Å². The molecule has 398 valence electrons. The van der Waals surface area contributed by atoms with E-state index in [-0.39, 0.29) is 72.9 Å². The Morgan fingerprint density at radius 3 is 2.39 bits per heavy atom. The van der Waals surface area contributed by atoms with E-state index in [4.69, 9.17) is 14.2 Å². The number of hydrogen-bond donors (Lipinski definition) is 2. The van der Waals surface area contributed by atoms with Crippen molar-refractivity contribution in [3.8, 4) is 5.75 Å². The van der Waals surface area contributed by atoms with Gasteiger partial charge in [-0.3, -0.25) is 33.7 Å². The van der Waals surface area contributed by atoms with Crippen LogP contribution in [0.15, 0.2) is 65.5 Å². The third-order valence-electron chi connectivity index (χ3n) is 17.1. The highest BCUT2D eigenvalue weighted by molar-refractivity contribution is 6.00. The highest BCUT2D eigenvalue weighted by Crippen LogP contribution is 2.46. The Balaban J connectivity index is 0.801. The molecule has 3 amide bonds. The van der Waals surface area contributed by atoms with Crippen molar-refractivity contribution in [1.29, 1.82) is 0 Å². The molecule has 4 aromatic rings. The van der Waals surface area contributed by atoms with Crippen molar-refractivity contribution >= 4 is 40.0 Å². The number of rotatable bonds is 14. The first-order valence-electron chi connectivity index (χ1n) is 26.6. The number of benzene rings is 3. The Morgan fingerprint density at radius 2 is 1.73 bits per heavy atom. The number of ether oxygens (including phenoxy) is 3. The number of morpholine rings is 1. The van der Waals surface area contributed by atoms with Crippen molar-refractivity contribution in [2.75, 3.05) is 45.3 Å². The summed E-state index contributed by atoms with van der Waals surface area (Å²) in [5.74, 6) is -0.667. The van der Waals surface area contributed by atoms with Gasteiger partial charge in [-0.05, 0) is 152 Å². The molecule has 2 N–H and O–H groups in total. The molecule has 6 heterocycles. The molecule has 0 radical (unpaired) electrons. The maximum Gasteiger partial charge on any atom is 0.395 e. The molecule has 3 unspecified atom stereocenters. The highest BCUT2D eigenvalue weighted by atomic mass is 19.4. The number of carbonyl (C=O) groups is 3. The van der Waals surface area contributed by atoms with E-state index in [9.17, 15) is 32.3 Å². The Labute approximate surface area is 429 Å². The number of amides is 3. The summed E-state index contributed by atoms with van der Waals surface area (Å²) in [6.07, 6.45) is 4.42. The minimum Gasteiger partial charge on any atom is -0.497 e. The van der Waals surface area contributed by atoms with E-state index >= 15 is 4.39 Å². The molecule has 13 nitrogen and oxygen atoms in total. The quantitative estimate of drug-likeness (QED) is 0.0936. The first-order chi connectivity index (χ1) is 35.2. The van der Waals surface area contributed by atoms with Gasteiger partial charge >= 0.3 is 11.9 Å². The second kappa shape index (κ2) is 20.2. The number of allylic oxidation sites excluding steroid dienone is 2. The average Bonchev–Trinajstić information content (AvgIpc) is 3.65. The summed E-state index contributed by atoms with van der Waals surface area (Å²) in [5, 5.41) is 6.19. The van der Waals surface area contributed by atoms with Gasteiger partial charge in [0.25, 0.3) is 0 Å². The molecule has 10 rings (SSSR count). The van der Waals surface area contributed by atoms with Gasteiger partial charge in [-0.25, -0.2) is 9.18 Å². The van der Waals surface area contributed by atoms with Gasteiger partial charge in [0.05, 0.1) is 54.5 Å². The van der Waals surface area contributed by atoms with Crippen LogP contribution in [-0.4, -0.2) is 107 Å². The Kier molecular flexibility index (Phi) is 14.2. The monoisotopic (exact) mass is 1030 g/mol. The third kappa shape index (κ3) is 10.2. The van der Waals surface area contributed by atoms with Crippen molar-refractivity contribution in [3.63, 3.8) is 0 Å². The van der Waals surface area contributed by atoms with E-state index in [1.54, 1.807) is 22.3 Å². The SMILES string of the molecule is COc1ccc([C@]2(CCN(Cc3ccc(C4=CC[C@H](C(=O)N5C6COCC5CC(Nc5ccc7c8c5CCCn8c(=O)n7C5CCC(=O)NC5=O)C6)CC4)c(F)c3)CC(C)(C)C(F)(F)F)CCOC(C)(C)C2)cc1. The summed E-state index contributed by atoms with van der Waals surface area (Å²) in [6.45, 7) is 8.72. The predicted molar refractivity (Wildman–Crippen MR) is 273 cm³/mol. The highest BCUT2D eigenvalue weighted by Gasteiger charge is 2.49. The van der Waals surface area contributed by atoms with Crippen LogP contribution in [0, 0.1) is 17.2 Å². The zero-order valence-corrected chi connectivity index (χ0v) is 43.3. The molecule has 17 heteroatoms. The van der Waals surface area contributed by atoms with E-state index < -0.39 is 35.0 Å². The summed E-state index contributed by atoms with van der Waals surface area (Å²) in [6, 6.07) is 15.9. The Morgan fingerprint density at radius 1 is 0.973 bits per heavy atom. The molecule has 2 bridgehead atoms. The molecular formula is C57H70F4N6O7. The number of fused-ring (bicyclic) bond motifs is 2. The van der Waals surface area contributed by atoms with Crippen LogP contribution < -0.4 is 21.1 Å². The summed E-state index contributed by atoms with van der Waals surface area (Å²) in [4.78, 5) is 56.9. The van der Waals surface area contributed by atoms with E-state index in [1.807, 2.05) is 58.3 Å². The number of hydrogen-bond acceptors (Lipinski definition) is 9. The molecule has 0 saturated carbocycles. The Bertz CT molecular complexity index is 2880. The molecule has 0 spiro atoms. The van der Waals surface area contributed by atoms with E-state index in [0.717, 1.165) is 52.9 Å². The first-order valence-corrected chi connectivity index (χ1v) is 26.6. The van der Waals surface area contributed by atoms with Crippen LogP contribution in [0.4, 0.5) is 23.2 Å². The topological polar surface area (TPSA) is 136 Å². The molecule has 6 aliphatic rings. The van der Waals surface area contributed by atoms with Crippen molar-refractivity contribution in [2.45, 2.75) is 159 Å². The number of nitrogens with one attached hydrogen (secondary N) is 2. The van der Waals surface area contributed by atoms with Gasteiger partial charge in [-0.15, -0.1) is 0 Å². The Hall–Kier alpha value is -5.52. The molecule has 4 fully saturated rings. The molecule has 3 aromatic carbocycles. The number of methoxy groups -OCH3 is 1. The van der Waals surface area contributed by atoms with Gasteiger partial charge < -0.3 is 24.4 Å². The zero-order chi connectivity index (χ0) is 52.3. The molecule has 4 saturated heterocycles. The van der Waals surface area contributed by atoms with Gasteiger partial charge in [0.15, 0.2) is 0 Å². The largest absolute Gasteiger partial charge is 0.497 e. The first kappa shape index (κ1) is 51.9. The fourth-order valence-electron chi connectivity index (χ4n) is 13.3. The van der Waals surface area contributed by atoms with Crippen LogP contribution in [0.1, 0.15) is 127 Å². The van der Waals surface area contributed by atoms with Crippen LogP contribution >= 0.6 is 0 Å². The smallest absolute Gasteiger partial charge is 0.395 e. The number of aryl methyl sites for hydroxylation is 2. The summed E-state index contributed by atoms with van der Waals surface area (Å²) in [5.41, 5.74) is 3.41. The van der Waals surface area contributed by atoms with Crippen LogP contribution in [-0.2, 0) is 48.8 Å². The number of anilines is 1. The second-order valence-electron chi connectivity index (χ2n) is 23.1. The van der Waals surface area contributed by atoms with Crippen LogP contribution in [0.25, 0.3) is 16.6 Å². The van der Waals surface area contributed by atoms with Crippen molar-refractivity contribution in [2.24, 2.45) is 11.3 Å². The average molecular weight is 1030 g/mol. The number of imidazole rings is 1. The lowest BCUT2D eigenvalue weighted by molar-refractivity contribution is -0.217. The minimum absolute atomic E-state index is 0.0494.